The number of nitrogens with zero attached hydrogens (tertiary/aromatic N) is 2. The third-order valence-electron chi connectivity index (χ3n) is 5.32. The van der Waals surface area contributed by atoms with Gasteiger partial charge in [-0.3, -0.25) is 9.36 Å². The first-order valence-corrected chi connectivity index (χ1v) is 12.4. The van der Waals surface area contributed by atoms with Crippen molar-refractivity contribution in [2.24, 2.45) is 4.99 Å². The van der Waals surface area contributed by atoms with Crippen LogP contribution in [-0.2, 0) is 9.53 Å². The number of fused-ring (bicyclic) bond motifs is 1. The van der Waals surface area contributed by atoms with E-state index in [1.54, 1.807) is 30.2 Å². The number of hydrogen-bond acceptors (Lipinski definition) is 6. The van der Waals surface area contributed by atoms with Crippen LogP contribution in [0.2, 0.25) is 0 Å². The van der Waals surface area contributed by atoms with Gasteiger partial charge in [-0.15, -0.1) is 11.8 Å². The maximum Gasteiger partial charge on any atom is 0.338 e. The number of thioether (sulfide) groups is 1. The van der Waals surface area contributed by atoms with Crippen molar-refractivity contribution < 1.29 is 9.53 Å². The summed E-state index contributed by atoms with van der Waals surface area (Å²) in [5, 5.41) is 0. The average molecular weight is 465 g/mol. The van der Waals surface area contributed by atoms with Gasteiger partial charge < -0.3 is 4.74 Å². The Kier molecular flexibility index (Phi) is 6.48. The molecule has 0 saturated heterocycles. The molecule has 32 heavy (non-hydrogen) atoms. The van der Waals surface area contributed by atoms with Crippen LogP contribution in [0.25, 0.3) is 6.08 Å². The molecule has 1 aliphatic heterocycles. The summed E-state index contributed by atoms with van der Waals surface area (Å²) in [5.74, 6) is -0.444. The first kappa shape index (κ1) is 22.3. The molecule has 0 saturated carbocycles. The van der Waals surface area contributed by atoms with E-state index >= 15 is 0 Å². The van der Waals surface area contributed by atoms with Crippen LogP contribution in [0, 0.1) is 6.92 Å². The fourth-order valence-electron chi connectivity index (χ4n) is 3.71. The lowest BCUT2D eigenvalue weighted by Gasteiger charge is -2.24. The molecule has 0 unspecified atom stereocenters. The van der Waals surface area contributed by atoms with E-state index in [9.17, 15) is 9.59 Å². The average Bonchev–Trinajstić information content (AvgIpc) is 3.09. The second-order valence-corrected chi connectivity index (χ2v) is 9.37. The van der Waals surface area contributed by atoms with Gasteiger partial charge in [0.1, 0.15) is 0 Å². The van der Waals surface area contributed by atoms with Crippen LogP contribution < -0.4 is 14.9 Å². The topological polar surface area (TPSA) is 60.7 Å². The maximum atomic E-state index is 13.5. The lowest BCUT2D eigenvalue weighted by molar-refractivity contribution is -0.139. The van der Waals surface area contributed by atoms with Gasteiger partial charge in [0.15, 0.2) is 4.80 Å². The van der Waals surface area contributed by atoms with Crippen molar-refractivity contribution in [3.8, 4) is 0 Å². The second kappa shape index (κ2) is 9.30. The second-order valence-electron chi connectivity index (χ2n) is 7.49. The Balaban J connectivity index is 1.93. The van der Waals surface area contributed by atoms with Crippen molar-refractivity contribution in [3.05, 3.63) is 96.2 Å². The Hall–Kier alpha value is -2.90. The van der Waals surface area contributed by atoms with E-state index in [0.29, 0.717) is 20.6 Å². The molecule has 164 valence electrons. The molecule has 0 fully saturated rings. The highest BCUT2D eigenvalue weighted by Gasteiger charge is 2.33. The minimum atomic E-state index is -0.582. The zero-order valence-corrected chi connectivity index (χ0v) is 20.0. The van der Waals surface area contributed by atoms with Crippen molar-refractivity contribution in [3.63, 3.8) is 0 Å². The third-order valence-corrected chi connectivity index (χ3v) is 7.05. The summed E-state index contributed by atoms with van der Waals surface area (Å²) in [6.45, 7) is 5.85. The number of esters is 1. The third kappa shape index (κ3) is 4.23. The lowest BCUT2D eigenvalue weighted by Crippen LogP contribution is -2.39. The summed E-state index contributed by atoms with van der Waals surface area (Å²) in [5.41, 5.74) is 3.77. The summed E-state index contributed by atoms with van der Waals surface area (Å²) in [6, 6.07) is 15.4. The van der Waals surface area contributed by atoms with Gasteiger partial charge in [0, 0.05) is 4.90 Å². The van der Waals surface area contributed by atoms with Crippen LogP contribution >= 0.6 is 23.1 Å². The van der Waals surface area contributed by atoms with Gasteiger partial charge in [-0.1, -0.05) is 53.3 Å². The number of allylic oxidation sites excluding steroid dienone is 1. The van der Waals surface area contributed by atoms with Crippen LogP contribution in [0.3, 0.4) is 0 Å². The standard InChI is InChI=1S/C25H24N2O3S2/c1-5-30-24(29)21-16(3)26-25-27(22(21)18-10-12-19(31-4)13-11-18)23(28)20(32-25)14-17-8-6-15(2)7-9-17/h6-14,22H,5H2,1-4H3/b20-14-/t22-/m1/s1. The number of rotatable bonds is 5. The molecule has 0 radical (unpaired) electrons. The number of aryl methyl sites for hydroxylation is 1. The molecule has 0 amide bonds. The Morgan fingerprint density at radius 1 is 1.16 bits per heavy atom. The first-order valence-electron chi connectivity index (χ1n) is 10.3. The monoisotopic (exact) mass is 464 g/mol. The van der Waals surface area contributed by atoms with E-state index in [-0.39, 0.29) is 12.2 Å². The predicted octanol–water partition coefficient (Wildman–Crippen LogP) is 3.83. The maximum absolute atomic E-state index is 13.5. The Morgan fingerprint density at radius 3 is 2.47 bits per heavy atom. The highest BCUT2D eigenvalue weighted by Crippen LogP contribution is 2.31. The molecular weight excluding hydrogens is 440 g/mol. The fraction of sp³-hybridized carbons (Fsp3) is 0.240. The number of aromatic nitrogens is 1. The number of ether oxygens (including phenoxy) is 1. The Morgan fingerprint density at radius 2 is 1.84 bits per heavy atom. The predicted molar refractivity (Wildman–Crippen MR) is 130 cm³/mol. The molecule has 4 rings (SSSR count). The van der Waals surface area contributed by atoms with E-state index in [1.165, 1.54) is 11.3 Å². The largest absolute Gasteiger partial charge is 0.463 e. The van der Waals surface area contributed by atoms with E-state index in [2.05, 4.69) is 4.99 Å². The minimum absolute atomic E-state index is 0.164. The van der Waals surface area contributed by atoms with Gasteiger partial charge in [0.05, 0.1) is 28.5 Å². The molecule has 2 aromatic carbocycles. The van der Waals surface area contributed by atoms with E-state index in [4.69, 9.17) is 4.74 Å². The van der Waals surface area contributed by atoms with Crippen molar-refractivity contribution in [2.45, 2.75) is 31.7 Å². The summed E-state index contributed by atoms with van der Waals surface area (Å²) < 4.78 is 7.54. The number of carbonyl (C=O) groups excluding carboxylic acids is 1. The van der Waals surface area contributed by atoms with Gasteiger partial charge >= 0.3 is 5.97 Å². The van der Waals surface area contributed by atoms with E-state index in [0.717, 1.165) is 21.6 Å². The zero-order valence-electron chi connectivity index (χ0n) is 18.4. The van der Waals surface area contributed by atoms with Crippen molar-refractivity contribution in [2.75, 3.05) is 12.9 Å². The van der Waals surface area contributed by atoms with Crippen LogP contribution in [0.1, 0.15) is 36.6 Å². The zero-order chi connectivity index (χ0) is 22.8. The number of hydrogen-bond donors (Lipinski definition) is 0. The quantitative estimate of drug-likeness (QED) is 0.425. The summed E-state index contributed by atoms with van der Waals surface area (Å²) in [7, 11) is 0. The number of benzene rings is 2. The molecule has 0 aliphatic carbocycles. The molecule has 7 heteroatoms. The molecule has 0 spiro atoms. The van der Waals surface area contributed by atoms with Gasteiger partial charge in [-0.25, -0.2) is 9.79 Å². The van der Waals surface area contributed by atoms with Crippen LogP contribution in [0.5, 0.6) is 0 Å². The normalized spacial score (nSPS) is 16.0. The van der Waals surface area contributed by atoms with Crippen molar-refractivity contribution >= 4 is 35.1 Å². The SMILES string of the molecule is CCOC(=O)C1=C(C)N=c2s/c(=C\c3ccc(C)cc3)c(=O)n2[C@@H]1c1ccc(SC)cc1. The van der Waals surface area contributed by atoms with Crippen LogP contribution in [0.15, 0.2) is 74.5 Å². The lowest BCUT2D eigenvalue weighted by atomic mass is 9.96. The van der Waals surface area contributed by atoms with Crippen LogP contribution in [0.4, 0.5) is 0 Å². The molecule has 1 atom stereocenters. The summed E-state index contributed by atoms with van der Waals surface area (Å²) in [4.78, 5) is 32.7. The van der Waals surface area contributed by atoms with Crippen molar-refractivity contribution in [1.29, 1.82) is 0 Å². The molecule has 0 N–H and O–H groups in total. The molecule has 1 aromatic heterocycles. The van der Waals surface area contributed by atoms with E-state index in [1.807, 2.05) is 67.8 Å². The molecule has 3 aromatic rings. The minimum Gasteiger partial charge on any atom is -0.463 e. The summed E-state index contributed by atoms with van der Waals surface area (Å²) in [6.07, 6.45) is 3.89. The summed E-state index contributed by atoms with van der Waals surface area (Å²) >= 11 is 2.98. The molecule has 1 aliphatic rings. The Labute approximate surface area is 194 Å². The van der Waals surface area contributed by atoms with Gasteiger partial charge in [0.2, 0.25) is 0 Å². The van der Waals surface area contributed by atoms with Gasteiger partial charge in [-0.05, 0) is 56.4 Å². The number of thiazole rings is 1. The van der Waals surface area contributed by atoms with E-state index < -0.39 is 12.0 Å². The Bertz CT molecular complexity index is 1360. The molecule has 5 nitrogen and oxygen atoms in total. The smallest absolute Gasteiger partial charge is 0.338 e. The van der Waals surface area contributed by atoms with Gasteiger partial charge in [-0.2, -0.15) is 0 Å². The highest BCUT2D eigenvalue weighted by atomic mass is 32.2. The molecule has 2 heterocycles. The molecule has 0 bridgehead atoms. The van der Waals surface area contributed by atoms with Crippen LogP contribution in [-0.4, -0.2) is 23.4 Å². The van der Waals surface area contributed by atoms with Gasteiger partial charge in [0.25, 0.3) is 5.56 Å². The highest BCUT2D eigenvalue weighted by molar-refractivity contribution is 7.98. The fourth-order valence-corrected chi connectivity index (χ4v) is 5.16. The molecular formula is C25H24N2O3S2. The van der Waals surface area contributed by atoms with Crippen molar-refractivity contribution in [1.82, 2.24) is 4.57 Å². The number of carbonyl (C=O) groups is 1. The first-order chi connectivity index (χ1) is 15.4.